The SMILES string of the molecule is O=C(NOCc1ccccc1)C1Cc2nccnc2CN1S(=O)(=O)c1ccc(Oc2ccc([N+](=O)[O-])cc2)cc1. The van der Waals surface area contributed by atoms with E-state index in [4.69, 9.17) is 9.57 Å². The number of benzene rings is 3. The van der Waals surface area contributed by atoms with Crippen LogP contribution >= 0.6 is 0 Å². The zero-order valence-corrected chi connectivity index (χ0v) is 21.7. The second-order valence-electron chi connectivity index (χ2n) is 8.78. The summed E-state index contributed by atoms with van der Waals surface area (Å²) in [7, 11) is -4.16. The van der Waals surface area contributed by atoms with Crippen molar-refractivity contribution >= 4 is 21.6 Å². The van der Waals surface area contributed by atoms with Crippen LogP contribution in [0.5, 0.6) is 11.5 Å². The molecule has 1 atom stereocenters. The van der Waals surface area contributed by atoms with Crippen LogP contribution in [0.3, 0.4) is 0 Å². The molecule has 0 bridgehead atoms. The highest BCUT2D eigenvalue weighted by molar-refractivity contribution is 7.89. The molecule has 13 heteroatoms. The summed E-state index contributed by atoms with van der Waals surface area (Å²) >= 11 is 0. The smallest absolute Gasteiger partial charge is 0.269 e. The molecule has 0 radical (unpaired) electrons. The van der Waals surface area contributed by atoms with Gasteiger partial charge >= 0.3 is 0 Å². The van der Waals surface area contributed by atoms with Crippen LogP contribution in [-0.4, -0.2) is 39.6 Å². The topological polar surface area (TPSA) is 154 Å². The van der Waals surface area contributed by atoms with E-state index in [1.54, 1.807) is 0 Å². The highest BCUT2D eigenvalue weighted by atomic mass is 32.2. The van der Waals surface area contributed by atoms with Crippen LogP contribution in [0, 0.1) is 10.1 Å². The zero-order valence-electron chi connectivity index (χ0n) is 20.9. The predicted molar refractivity (Wildman–Crippen MR) is 141 cm³/mol. The number of fused-ring (bicyclic) bond motifs is 1. The molecule has 0 fully saturated rings. The molecule has 1 amide bonds. The van der Waals surface area contributed by atoms with Gasteiger partial charge in [0.25, 0.3) is 11.6 Å². The Hall–Kier alpha value is -4.72. The third-order valence-corrected chi connectivity index (χ3v) is 8.04. The Morgan fingerprint density at radius 2 is 1.57 bits per heavy atom. The van der Waals surface area contributed by atoms with Crippen molar-refractivity contribution in [2.45, 2.75) is 30.5 Å². The van der Waals surface area contributed by atoms with E-state index in [2.05, 4.69) is 15.4 Å². The summed E-state index contributed by atoms with van der Waals surface area (Å²) in [5, 5.41) is 10.8. The maximum absolute atomic E-state index is 13.7. The highest BCUT2D eigenvalue weighted by Gasteiger charge is 2.41. The molecule has 1 unspecified atom stereocenters. The number of carbonyl (C=O) groups is 1. The van der Waals surface area contributed by atoms with Gasteiger partial charge in [-0.05, 0) is 42.0 Å². The van der Waals surface area contributed by atoms with Crippen molar-refractivity contribution in [1.29, 1.82) is 0 Å². The second-order valence-corrected chi connectivity index (χ2v) is 10.7. The van der Waals surface area contributed by atoms with Gasteiger partial charge in [-0.2, -0.15) is 4.31 Å². The maximum Gasteiger partial charge on any atom is 0.269 e. The molecule has 204 valence electrons. The van der Waals surface area contributed by atoms with E-state index in [9.17, 15) is 23.3 Å². The summed E-state index contributed by atoms with van der Waals surface area (Å²) in [6, 6.07) is 19.2. The molecule has 5 rings (SSSR count). The van der Waals surface area contributed by atoms with Crippen molar-refractivity contribution in [3.63, 3.8) is 0 Å². The summed E-state index contributed by atoms with van der Waals surface area (Å²) in [5.74, 6) is 0.0415. The van der Waals surface area contributed by atoms with Crippen LogP contribution in [0.15, 0.2) is 96.2 Å². The lowest BCUT2D eigenvalue weighted by atomic mass is 10.0. The lowest BCUT2D eigenvalue weighted by Gasteiger charge is -2.33. The Labute approximate surface area is 229 Å². The van der Waals surface area contributed by atoms with Crippen molar-refractivity contribution in [2.24, 2.45) is 0 Å². The number of amides is 1. The minimum absolute atomic E-state index is 0.0181. The number of ether oxygens (including phenoxy) is 1. The number of nitro groups is 1. The van der Waals surface area contributed by atoms with Gasteiger partial charge in [-0.25, -0.2) is 13.9 Å². The minimum atomic E-state index is -4.16. The Kier molecular flexibility index (Phi) is 7.77. The van der Waals surface area contributed by atoms with Crippen LogP contribution in [0.25, 0.3) is 0 Å². The Balaban J connectivity index is 1.34. The van der Waals surface area contributed by atoms with E-state index in [-0.39, 0.29) is 30.2 Å². The number of hydroxylamine groups is 1. The molecule has 0 saturated carbocycles. The molecule has 3 aromatic carbocycles. The second kappa shape index (κ2) is 11.6. The molecule has 40 heavy (non-hydrogen) atoms. The number of nitrogens with zero attached hydrogens (tertiary/aromatic N) is 4. The zero-order chi connectivity index (χ0) is 28.1. The van der Waals surface area contributed by atoms with Crippen LogP contribution < -0.4 is 10.2 Å². The first kappa shape index (κ1) is 26.9. The van der Waals surface area contributed by atoms with Crippen LogP contribution in [-0.2, 0) is 39.2 Å². The molecule has 0 aliphatic carbocycles. The van der Waals surface area contributed by atoms with Gasteiger partial charge in [0.1, 0.15) is 17.5 Å². The number of aromatic nitrogens is 2. The normalized spacial score (nSPS) is 15.2. The van der Waals surface area contributed by atoms with Crippen molar-refractivity contribution in [2.75, 3.05) is 0 Å². The van der Waals surface area contributed by atoms with E-state index in [0.29, 0.717) is 22.9 Å². The molecule has 0 spiro atoms. The van der Waals surface area contributed by atoms with Crippen LogP contribution in [0.4, 0.5) is 5.69 Å². The highest BCUT2D eigenvalue weighted by Crippen LogP contribution is 2.30. The van der Waals surface area contributed by atoms with E-state index in [1.807, 2.05) is 30.3 Å². The molecule has 2 heterocycles. The Bertz CT molecular complexity index is 1620. The maximum atomic E-state index is 13.7. The van der Waals surface area contributed by atoms with Gasteiger partial charge in [-0.15, -0.1) is 0 Å². The average molecular weight is 562 g/mol. The third kappa shape index (κ3) is 5.96. The van der Waals surface area contributed by atoms with Gasteiger partial charge in [-0.1, -0.05) is 30.3 Å². The van der Waals surface area contributed by atoms with E-state index in [1.165, 1.54) is 60.9 Å². The number of nitrogens with one attached hydrogen (secondary N) is 1. The molecule has 12 nitrogen and oxygen atoms in total. The first-order valence-corrected chi connectivity index (χ1v) is 13.5. The Morgan fingerprint density at radius 1 is 0.950 bits per heavy atom. The van der Waals surface area contributed by atoms with Gasteiger partial charge in [0.15, 0.2) is 0 Å². The van der Waals surface area contributed by atoms with Gasteiger partial charge < -0.3 is 4.74 Å². The summed E-state index contributed by atoms with van der Waals surface area (Å²) < 4.78 is 34.2. The quantitative estimate of drug-likeness (QED) is 0.239. The molecule has 4 aromatic rings. The molecular weight excluding hydrogens is 538 g/mol. The average Bonchev–Trinajstić information content (AvgIpc) is 2.97. The first-order chi connectivity index (χ1) is 19.3. The van der Waals surface area contributed by atoms with Crippen LogP contribution in [0.2, 0.25) is 0 Å². The number of carbonyl (C=O) groups excluding carboxylic acids is 1. The number of sulfonamides is 1. The summed E-state index contributed by atoms with van der Waals surface area (Å²) in [5.41, 5.74) is 4.12. The van der Waals surface area contributed by atoms with Crippen molar-refractivity contribution < 1.29 is 27.7 Å². The lowest BCUT2D eigenvalue weighted by molar-refractivity contribution is -0.384. The lowest BCUT2D eigenvalue weighted by Crippen LogP contribution is -2.52. The summed E-state index contributed by atoms with van der Waals surface area (Å²) in [4.78, 5) is 37.3. The predicted octanol–water partition coefficient (Wildman–Crippen LogP) is 3.54. The largest absolute Gasteiger partial charge is 0.457 e. The number of hydrogen-bond acceptors (Lipinski definition) is 9. The van der Waals surface area contributed by atoms with Crippen molar-refractivity contribution in [3.8, 4) is 11.5 Å². The molecule has 1 aliphatic heterocycles. The van der Waals surface area contributed by atoms with Gasteiger partial charge in [-0.3, -0.25) is 29.7 Å². The fourth-order valence-corrected chi connectivity index (χ4v) is 5.69. The summed E-state index contributed by atoms with van der Waals surface area (Å²) in [6.07, 6.45) is 2.98. The van der Waals surface area contributed by atoms with Gasteiger partial charge in [0.05, 0.1) is 34.4 Å². The molecule has 1 aromatic heterocycles. The molecule has 1 aliphatic rings. The standard InChI is InChI=1S/C27H23N5O7S/c33-27(30-38-18-19-4-2-1-3-5-19)26-16-24-25(29-15-14-28-24)17-31(26)40(36,37)23-12-10-22(11-13-23)39-21-8-6-20(7-9-21)32(34)35/h1-15,26H,16-18H2,(H,30,33). The number of rotatable bonds is 9. The van der Waals surface area contributed by atoms with Crippen LogP contribution in [0.1, 0.15) is 17.0 Å². The summed E-state index contributed by atoms with van der Waals surface area (Å²) in [6.45, 7) is -0.0397. The van der Waals surface area contributed by atoms with E-state index < -0.39 is 26.9 Å². The number of non-ortho nitro benzene ring substituents is 1. The Morgan fingerprint density at radius 3 is 2.23 bits per heavy atom. The number of hydrogen-bond donors (Lipinski definition) is 1. The first-order valence-electron chi connectivity index (χ1n) is 12.1. The van der Waals surface area contributed by atoms with Crippen molar-refractivity contribution in [1.82, 2.24) is 19.8 Å². The van der Waals surface area contributed by atoms with Gasteiger partial charge in [0, 0.05) is 30.9 Å². The fourth-order valence-electron chi connectivity index (χ4n) is 4.14. The van der Waals surface area contributed by atoms with E-state index >= 15 is 0 Å². The van der Waals surface area contributed by atoms with Gasteiger partial charge in [0.2, 0.25) is 10.0 Å². The number of nitro benzene ring substituents is 1. The van der Waals surface area contributed by atoms with E-state index in [0.717, 1.165) is 9.87 Å². The minimum Gasteiger partial charge on any atom is -0.457 e. The monoisotopic (exact) mass is 561 g/mol. The van der Waals surface area contributed by atoms with Crippen molar-refractivity contribution in [3.05, 3.63) is 118 Å². The third-order valence-electron chi connectivity index (χ3n) is 6.17. The molecule has 0 saturated heterocycles. The fraction of sp³-hybridized carbons (Fsp3) is 0.148. The molecular formula is C27H23N5O7S. The molecule has 1 N–H and O–H groups in total.